The van der Waals surface area contributed by atoms with Crippen molar-refractivity contribution >= 4 is 11.8 Å². The molecule has 0 atom stereocenters. The van der Waals surface area contributed by atoms with E-state index in [-0.39, 0.29) is 11.5 Å². The number of amides is 2. The fourth-order valence-electron chi connectivity index (χ4n) is 2.55. The SMILES string of the molecule is Cc1c(-c2ccn(C)n2)cn(NC(=O)c2nccn2C)c1C(N)=O. The molecule has 0 fully saturated rings. The summed E-state index contributed by atoms with van der Waals surface area (Å²) >= 11 is 0. The summed E-state index contributed by atoms with van der Waals surface area (Å²) in [6.45, 7) is 1.76. The van der Waals surface area contributed by atoms with Gasteiger partial charge in [-0.15, -0.1) is 0 Å². The first-order valence-corrected chi connectivity index (χ1v) is 7.19. The van der Waals surface area contributed by atoms with Gasteiger partial charge in [0, 0.05) is 44.4 Å². The van der Waals surface area contributed by atoms with E-state index in [1.54, 1.807) is 48.9 Å². The Labute approximate surface area is 137 Å². The molecule has 0 bridgehead atoms. The van der Waals surface area contributed by atoms with Crippen molar-refractivity contribution in [2.24, 2.45) is 19.8 Å². The number of aromatic nitrogens is 5. The van der Waals surface area contributed by atoms with E-state index in [0.29, 0.717) is 16.8 Å². The van der Waals surface area contributed by atoms with Crippen molar-refractivity contribution in [1.29, 1.82) is 0 Å². The van der Waals surface area contributed by atoms with Crippen LogP contribution in [0.5, 0.6) is 0 Å². The van der Waals surface area contributed by atoms with Crippen LogP contribution < -0.4 is 11.2 Å². The van der Waals surface area contributed by atoms with Crippen LogP contribution in [-0.4, -0.2) is 35.8 Å². The predicted octanol–water partition coefficient (Wildman–Crippen LogP) is 0.413. The first-order valence-electron chi connectivity index (χ1n) is 7.19. The van der Waals surface area contributed by atoms with E-state index in [2.05, 4.69) is 15.5 Å². The van der Waals surface area contributed by atoms with E-state index in [0.717, 1.165) is 0 Å². The van der Waals surface area contributed by atoms with Gasteiger partial charge < -0.3 is 10.3 Å². The van der Waals surface area contributed by atoms with E-state index in [9.17, 15) is 9.59 Å². The number of nitrogens with one attached hydrogen (secondary N) is 1. The van der Waals surface area contributed by atoms with Gasteiger partial charge in [-0.1, -0.05) is 0 Å². The largest absolute Gasteiger partial charge is 0.364 e. The molecule has 0 spiro atoms. The van der Waals surface area contributed by atoms with E-state index in [1.807, 2.05) is 6.07 Å². The summed E-state index contributed by atoms with van der Waals surface area (Å²) in [6.07, 6.45) is 6.59. The number of nitrogens with two attached hydrogens (primary N) is 1. The normalized spacial score (nSPS) is 10.8. The van der Waals surface area contributed by atoms with E-state index >= 15 is 0 Å². The molecule has 2 amide bonds. The van der Waals surface area contributed by atoms with Crippen molar-refractivity contribution in [3.05, 3.63) is 47.9 Å². The molecule has 3 aromatic rings. The monoisotopic (exact) mass is 327 g/mol. The lowest BCUT2D eigenvalue weighted by Crippen LogP contribution is -2.29. The second-order valence-corrected chi connectivity index (χ2v) is 5.43. The van der Waals surface area contributed by atoms with Gasteiger partial charge in [0.1, 0.15) is 5.69 Å². The molecule has 0 aromatic carbocycles. The van der Waals surface area contributed by atoms with Gasteiger partial charge in [0.2, 0.25) is 0 Å². The Hall–Kier alpha value is -3.36. The van der Waals surface area contributed by atoms with Gasteiger partial charge in [0.15, 0.2) is 5.82 Å². The molecule has 3 rings (SSSR count). The number of imidazole rings is 1. The zero-order valence-electron chi connectivity index (χ0n) is 13.5. The molecule has 0 aliphatic heterocycles. The van der Waals surface area contributed by atoms with E-state index in [1.165, 1.54) is 10.9 Å². The standard InChI is InChI=1S/C15H17N7O2/c1-9-10(11-4-6-21(3)18-11)8-22(12(9)13(16)23)19-15(24)14-17-5-7-20(14)2/h4-8H,1-3H3,(H2,16,23)(H,19,24). The van der Waals surface area contributed by atoms with Gasteiger partial charge in [-0.25, -0.2) is 4.98 Å². The van der Waals surface area contributed by atoms with Crippen molar-refractivity contribution in [2.45, 2.75) is 6.92 Å². The molecule has 0 aliphatic rings. The van der Waals surface area contributed by atoms with Gasteiger partial charge in [-0.3, -0.25) is 24.4 Å². The summed E-state index contributed by atoms with van der Waals surface area (Å²) in [5.41, 5.74) is 10.3. The minimum Gasteiger partial charge on any atom is -0.364 e. The van der Waals surface area contributed by atoms with Crippen molar-refractivity contribution < 1.29 is 9.59 Å². The number of hydrogen-bond acceptors (Lipinski definition) is 4. The maximum atomic E-state index is 12.3. The van der Waals surface area contributed by atoms with Crippen molar-refractivity contribution in [2.75, 3.05) is 5.43 Å². The van der Waals surface area contributed by atoms with Crippen LogP contribution in [0.25, 0.3) is 11.3 Å². The zero-order valence-corrected chi connectivity index (χ0v) is 13.5. The highest BCUT2D eigenvalue weighted by Crippen LogP contribution is 2.25. The molecule has 0 aliphatic carbocycles. The van der Waals surface area contributed by atoms with Crippen molar-refractivity contribution in [3.63, 3.8) is 0 Å². The topological polar surface area (TPSA) is 113 Å². The highest BCUT2D eigenvalue weighted by atomic mass is 16.2. The fourth-order valence-corrected chi connectivity index (χ4v) is 2.55. The number of rotatable bonds is 4. The van der Waals surface area contributed by atoms with E-state index in [4.69, 9.17) is 5.73 Å². The molecular weight excluding hydrogens is 310 g/mol. The smallest absolute Gasteiger partial charge is 0.306 e. The summed E-state index contributed by atoms with van der Waals surface area (Å²) < 4.78 is 4.55. The average molecular weight is 327 g/mol. The number of carbonyl (C=O) groups excluding carboxylic acids is 2. The lowest BCUT2D eigenvalue weighted by atomic mass is 10.1. The number of carbonyl (C=O) groups is 2. The second-order valence-electron chi connectivity index (χ2n) is 5.43. The molecule has 3 heterocycles. The van der Waals surface area contributed by atoms with Crippen LogP contribution >= 0.6 is 0 Å². The molecule has 9 heteroatoms. The van der Waals surface area contributed by atoms with E-state index < -0.39 is 11.8 Å². The first kappa shape index (κ1) is 15.5. The summed E-state index contributed by atoms with van der Waals surface area (Å²) in [4.78, 5) is 28.2. The molecule has 3 N–H and O–H groups in total. The van der Waals surface area contributed by atoms with Crippen LogP contribution in [0.4, 0.5) is 0 Å². The number of aryl methyl sites for hydroxylation is 2. The summed E-state index contributed by atoms with van der Waals surface area (Å²) in [6, 6.07) is 1.82. The maximum Gasteiger partial charge on any atom is 0.306 e. The number of nitrogens with zero attached hydrogens (tertiary/aromatic N) is 5. The van der Waals surface area contributed by atoms with Crippen LogP contribution in [0.1, 0.15) is 26.7 Å². The first-order chi connectivity index (χ1) is 11.4. The Kier molecular flexibility index (Phi) is 3.68. The Morgan fingerprint density at radius 1 is 1.25 bits per heavy atom. The molecule has 0 saturated carbocycles. The summed E-state index contributed by atoms with van der Waals surface area (Å²) in [7, 11) is 3.50. The molecule has 0 radical (unpaired) electrons. The zero-order chi connectivity index (χ0) is 17.4. The highest BCUT2D eigenvalue weighted by Gasteiger charge is 2.21. The quantitative estimate of drug-likeness (QED) is 0.722. The second kappa shape index (κ2) is 5.69. The van der Waals surface area contributed by atoms with Gasteiger partial charge in [-0.2, -0.15) is 5.10 Å². The van der Waals surface area contributed by atoms with Crippen LogP contribution in [0.3, 0.4) is 0 Å². The van der Waals surface area contributed by atoms with Gasteiger partial charge in [0.25, 0.3) is 5.91 Å². The lowest BCUT2D eigenvalue weighted by Gasteiger charge is -2.09. The van der Waals surface area contributed by atoms with Gasteiger partial charge in [-0.05, 0) is 18.6 Å². The van der Waals surface area contributed by atoms with Gasteiger partial charge in [0.05, 0.1) is 5.69 Å². The molecule has 0 saturated heterocycles. The molecule has 0 unspecified atom stereocenters. The van der Waals surface area contributed by atoms with Crippen LogP contribution in [0, 0.1) is 6.92 Å². The summed E-state index contributed by atoms with van der Waals surface area (Å²) in [5.74, 6) is -0.876. The van der Waals surface area contributed by atoms with Crippen LogP contribution in [0.15, 0.2) is 30.9 Å². The van der Waals surface area contributed by atoms with Crippen molar-refractivity contribution in [3.8, 4) is 11.3 Å². The number of hydrogen-bond donors (Lipinski definition) is 2. The Balaban J connectivity index is 2.02. The van der Waals surface area contributed by atoms with Gasteiger partial charge >= 0.3 is 5.91 Å². The Morgan fingerprint density at radius 3 is 2.54 bits per heavy atom. The fraction of sp³-hybridized carbons (Fsp3) is 0.200. The summed E-state index contributed by atoms with van der Waals surface area (Å²) in [5, 5.41) is 4.32. The minimum absolute atomic E-state index is 0.193. The third-order valence-electron chi connectivity index (χ3n) is 3.73. The predicted molar refractivity (Wildman–Crippen MR) is 86.8 cm³/mol. The Bertz CT molecular complexity index is 932. The molecule has 3 aromatic heterocycles. The third-order valence-corrected chi connectivity index (χ3v) is 3.73. The van der Waals surface area contributed by atoms with Crippen molar-refractivity contribution in [1.82, 2.24) is 24.0 Å². The molecule has 124 valence electrons. The Morgan fingerprint density at radius 2 is 2.00 bits per heavy atom. The molecule has 9 nitrogen and oxygen atoms in total. The molecule has 24 heavy (non-hydrogen) atoms. The lowest BCUT2D eigenvalue weighted by molar-refractivity contribution is 0.0983. The third kappa shape index (κ3) is 2.56. The molecular formula is C15H17N7O2. The van der Waals surface area contributed by atoms with Crippen LogP contribution in [0.2, 0.25) is 0 Å². The highest BCUT2D eigenvalue weighted by molar-refractivity contribution is 6.00. The number of primary amides is 1. The maximum absolute atomic E-state index is 12.3. The van der Waals surface area contributed by atoms with Crippen LogP contribution in [-0.2, 0) is 14.1 Å². The average Bonchev–Trinajstić information content (AvgIpc) is 3.18. The minimum atomic E-state index is -0.644.